The smallest absolute Gasteiger partial charge is 0.277 e. The van der Waals surface area contributed by atoms with E-state index in [9.17, 15) is 4.79 Å². The monoisotopic (exact) mass is 272 g/mol. The fourth-order valence-corrected chi connectivity index (χ4v) is 1.58. The number of nitrogens with zero attached hydrogens (tertiary/aromatic N) is 1. The molecule has 0 bridgehead atoms. The number of furan rings is 1. The molecular weight excluding hydrogens is 256 g/mol. The predicted molar refractivity (Wildman–Crippen MR) is 75.7 cm³/mol. The van der Waals surface area contributed by atoms with Crippen molar-refractivity contribution in [3.05, 3.63) is 54.0 Å². The number of rotatable bonds is 5. The van der Waals surface area contributed by atoms with Gasteiger partial charge in [0.15, 0.2) is 6.61 Å². The molecule has 1 N–H and O–H groups in total. The molecule has 1 aromatic carbocycles. The molecule has 0 aliphatic rings. The fourth-order valence-electron chi connectivity index (χ4n) is 1.58. The SMILES string of the molecule is CC(=NNC(=O)COc1ccccc1C)c1ccco1. The van der Waals surface area contributed by atoms with Gasteiger partial charge in [-0.15, -0.1) is 0 Å². The number of hydrogen-bond acceptors (Lipinski definition) is 4. The van der Waals surface area contributed by atoms with Gasteiger partial charge in [0.05, 0.1) is 6.26 Å². The highest BCUT2D eigenvalue weighted by Gasteiger charge is 2.05. The summed E-state index contributed by atoms with van der Waals surface area (Å²) < 4.78 is 10.6. The first kappa shape index (κ1) is 13.9. The van der Waals surface area contributed by atoms with Crippen molar-refractivity contribution in [3.63, 3.8) is 0 Å². The Morgan fingerprint density at radius 2 is 2.10 bits per heavy atom. The van der Waals surface area contributed by atoms with Crippen molar-refractivity contribution in [3.8, 4) is 5.75 Å². The summed E-state index contributed by atoms with van der Waals surface area (Å²) in [6, 6.07) is 11.1. The van der Waals surface area contributed by atoms with Gasteiger partial charge in [-0.1, -0.05) is 18.2 Å². The Bertz CT molecular complexity index is 603. The van der Waals surface area contributed by atoms with Crippen LogP contribution in [-0.2, 0) is 4.79 Å². The second kappa shape index (κ2) is 6.56. The van der Waals surface area contributed by atoms with Crippen LogP contribution in [0, 0.1) is 6.92 Å². The van der Waals surface area contributed by atoms with Crippen molar-refractivity contribution < 1.29 is 13.9 Å². The van der Waals surface area contributed by atoms with E-state index in [0.29, 0.717) is 17.2 Å². The number of para-hydroxylation sites is 1. The van der Waals surface area contributed by atoms with E-state index >= 15 is 0 Å². The predicted octanol–water partition coefficient (Wildman–Crippen LogP) is 2.51. The van der Waals surface area contributed by atoms with Crippen molar-refractivity contribution >= 4 is 11.6 Å². The molecule has 1 amide bonds. The lowest BCUT2D eigenvalue weighted by molar-refractivity contribution is -0.123. The lowest BCUT2D eigenvalue weighted by Gasteiger charge is -2.07. The number of benzene rings is 1. The normalized spacial score (nSPS) is 11.2. The highest BCUT2D eigenvalue weighted by Crippen LogP contribution is 2.15. The van der Waals surface area contributed by atoms with E-state index < -0.39 is 0 Å². The van der Waals surface area contributed by atoms with E-state index in [1.54, 1.807) is 25.3 Å². The molecule has 0 atom stereocenters. The average Bonchev–Trinajstić information content (AvgIpc) is 2.98. The zero-order valence-corrected chi connectivity index (χ0v) is 11.4. The lowest BCUT2D eigenvalue weighted by atomic mass is 10.2. The highest BCUT2D eigenvalue weighted by molar-refractivity contribution is 5.96. The minimum Gasteiger partial charge on any atom is -0.483 e. The van der Waals surface area contributed by atoms with E-state index in [1.807, 2.05) is 31.2 Å². The summed E-state index contributed by atoms with van der Waals surface area (Å²) in [5, 5.41) is 3.94. The minimum atomic E-state index is -0.320. The number of carbonyl (C=O) groups is 1. The summed E-state index contributed by atoms with van der Waals surface area (Å²) in [6.45, 7) is 3.59. The molecule has 5 heteroatoms. The van der Waals surface area contributed by atoms with Crippen LogP contribution in [0.25, 0.3) is 0 Å². The summed E-state index contributed by atoms with van der Waals surface area (Å²) in [5.74, 6) is 0.985. The molecule has 0 aliphatic carbocycles. The van der Waals surface area contributed by atoms with Gasteiger partial charge in [-0.3, -0.25) is 4.79 Å². The van der Waals surface area contributed by atoms with Crippen LogP contribution in [0.4, 0.5) is 0 Å². The third-order valence-corrected chi connectivity index (χ3v) is 2.68. The molecule has 0 spiro atoms. The largest absolute Gasteiger partial charge is 0.483 e. The molecule has 0 saturated carbocycles. The van der Waals surface area contributed by atoms with Crippen LogP contribution >= 0.6 is 0 Å². The first-order valence-corrected chi connectivity index (χ1v) is 6.22. The Kier molecular flexibility index (Phi) is 4.55. The lowest BCUT2D eigenvalue weighted by Crippen LogP contribution is -2.25. The minimum absolute atomic E-state index is 0.0835. The van der Waals surface area contributed by atoms with Crippen LogP contribution in [0.5, 0.6) is 5.75 Å². The first-order chi connectivity index (χ1) is 9.66. The maximum absolute atomic E-state index is 11.6. The van der Waals surface area contributed by atoms with Gasteiger partial charge in [-0.2, -0.15) is 5.10 Å². The summed E-state index contributed by atoms with van der Waals surface area (Å²) in [5.41, 5.74) is 4.00. The molecule has 20 heavy (non-hydrogen) atoms. The number of hydrogen-bond donors (Lipinski definition) is 1. The number of amides is 1. The van der Waals surface area contributed by atoms with Crippen molar-refractivity contribution in [1.82, 2.24) is 5.43 Å². The van der Waals surface area contributed by atoms with Gasteiger partial charge in [0.25, 0.3) is 5.91 Å². The maximum Gasteiger partial charge on any atom is 0.277 e. The van der Waals surface area contributed by atoms with Crippen LogP contribution in [0.1, 0.15) is 18.2 Å². The number of carbonyl (C=O) groups excluding carboxylic acids is 1. The maximum atomic E-state index is 11.6. The summed E-state index contributed by atoms with van der Waals surface area (Å²) >= 11 is 0. The number of aryl methyl sites for hydroxylation is 1. The molecule has 0 unspecified atom stereocenters. The Balaban J connectivity index is 1.84. The van der Waals surface area contributed by atoms with Gasteiger partial charge < -0.3 is 9.15 Å². The van der Waals surface area contributed by atoms with Gasteiger partial charge in [0.2, 0.25) is 0 Å². The molecule has 1 heterocycles. The van der Waals surface area contributed by atoms with Gasteiger partial charge in [-0.25, -0.2) is 5.43 Å². The Labute approximate surface area is 117 Å². The molecular formula is C15H16N2O3. The first-order valence-electron chi connectivity index (χ1n) is 6.22. The topological polar surface area (TPSA) is 63.8 Å². The molecule has 104 valence electrons. The van der Waals surface area contributed by atoms with Crippen molar-refractivity contribution in [2.45, 2.75) is 13.8 Å². The summed E-state index contributed by atoms with van der Waals surface area (Å²) in [4.78, 5) is 11.6. The van der Waals surface area contributed by atoms with E-state index in [0.717, 1.165) is 5.56 Å². The van der Waals surface area contributed by atoms with E-state index in [1.165, 1.54) is 0 Å². The molecule has 2 aromatic rings. The summed E-state index contributed by atoms with van der Waals surface area (Å²) in [6.07, 6.45) is 1.55. The molecule has 5 nitrogen and oxygen atoms in total. The Morgan fingerprint density at radius 1 is 1.30 bits per heavy atom. The Hall–Kier alpha value is -2.56. The molecule has 1 aromatic heterocycles. The fraction of sp³-hybridized carbons (Fsp3) is 0.200. The van der Waals surface area contributed by atoms with Gasteiger partial charge in [-0.05, 0) is 37.6 Å². The van der Waals surface area contributed by atoms with Crippen LogP contribution in [0.2, 0.25) is 0 Å². The van der Waals surface area contributed by atoms with Gasteiger partial charge >= 0.3 is 0 Å². The van der Waals surface area contributed by atoms with Crippen LogP contribution in [-0.4, -0.2) is 18.2 Å². The third-order valence-electron chi connectivity index (χ3n) is 2.68. The molecule has 2 rings (SSSR count). The second-order valence-electron chi connectivity index (χ2n) is 4.26. The number of nitrogens with one attached hydrogen (secondary N) is 1. The van der Waals surface area contributed by atoms with E-state index in [4.69, 9.17) is 9.15 Å². The van der Waals surface area contributed by atoms with Gasteiger partial charge in [0, 0.05) is 0 Å². The highest BCUT2D eigenvalue weighted by atomic mass is 16.5. The quantitative estimate of drug-likeness (QED) is 0.672. The molecule has 0 aliphatic heterocycles. The zero-order valence-electron chi connectivity index (χ0n) is 11.4. The summed E-state index contributed by atoms with van der Waals surface area (Å²) in [7, 11) is 0. The van der Waals surface area contributed by atoms with Crippen LogP contribution in [0.15, 0.2) is 52.2 Å². The number of ether oxygens (including phenoxy) is 1. The average molecular weight is 272 g/mol. The zero-order chi connectivity index (χ0) is 14.4. The van der Waals surface area contributed by atoms with Crippen molar-refractivity contribution in [2.24, 2.45) is 5.10 Å². The van der Waals surface area contributed by atoms with Crippen LogP contribution < -0.4 is 10.2 Å². The number of hydrazone groups is 1. The van der Waals surface area contributed by atoms with Crippen LogP contribution in [0.3, 0.4) is 0 Å². The standard InChI is InChI=1S/C15H16N2O3/c1-11-6-3-4-7-13(11)20-10-15(18)17-16-12(2)14-8-5-9-19-14/h3-9H,10H2,1-2H3,(H,17,18). The second-order valence-corrected chi connectivity index (χ2v) is 4.26. The molecule has 0 radical (unpaired) electrons. The van der Waals surface area contributed by atoms with Crippen molar-refractivity contribution in [1.29, 1.82) is 0 Å². The molecule has 0 fully saturated rings. The van der Waals surface area contributed by atoms with E-state index in [-0.39, 0.29) is 12.5 Å². The molecule has 0 saturated heterocycles. The van der Waals surface area contributed by atoms with Crippen molar-refractivity contribution in [2.75, 3.05) is 6.61 Å². The van der Waals surface area contributed by atoms with E-state index in [2.05, 4.69) is 10.5 Å². The third kappa shape index (κ3) is 3.71. The van der Waals surface area contributed by atoms with Gasteiger partial charge in [0.1, 0.15) is 17.2 Å². The Morgan fingerprint density at radius 3 is 2.80 bits per heavy atom.